The third-order valence-corrected chi connectivity index (χ3v) is 6.44. The normalized spacial score (nSPS) is 12.2. The van der Waals surface area contributed by atoms with E-state index in [1.54, 1.807) is 14.2 Å². The van der Waals surface area contributed by atoms with Gasteiger partial charge in [-0.15, -0.1) is 0 Å². The van der Waals surface area contributed by atoms with Crippen molar-refractivity contribution in [1.29, 1.82) is 0 Å². The molecule has 2 heterocycles. The molecule has 3 aromatic carbocycles. The predicted octanol–water partition coefficient (Wildman–Crippen LogP) is 5.64. The van der Waals surface area contributed by atoms with Crippen LogP contribution in [0.15, 0.2) is 54.6 Å². The molecular weight excluding hydrogens is 402 g/mol. The zero-order valence-electron chi connectivity index (χ0n) is 18.7. The first-order valence-electron chi connectivity index (χ1n) is 10.6. The second-order valence-electron chi connectivity index (χ2n) is 7.97. The molecule has 5 nitrogen and oxygen atoms in total. The Morgan fingerprint density at radius 1 is 0.906 bits per heavy atom. The molecule has 32 heavy (non-hydrogen) atoms. The number of nitrogens with zero attached hydrogens (tertiary/aromatic N) is 1. The van der Waals surface area contributed by atoms with Crippen LogP contribution in [0.1, 0.15) is 21.6 Å². The van der Waals surface area contributed by atoms with Crippen molar-refractivity contribution in [2.75, 3.05) is 21.3 Å². The number of esters is 1. The number of carbonyl (C=O) groups excluding carboxylic acids is 1. The maximum absolute atomic E-state index is 13.2. The van der Waals surface area contributed by atoms with Crippen molar-refractivity contribution in [3.8, 4) is 33.9 Å². The van der Waals surface area contributed by atoms with Crippen LogP contribution in [0.2, 0.25) is 0 Å². The van der Waals surface area contributed by atoms with Crippen LogP contribution in [0.5, 0.6) is 11.5 Å². The zero-order valence-corrected chi connectivity index (χ0v) is 18.7. The van der Waals surface area contributed by atoms with E-state index in [9.17, 15) is 4.79 Å². The van der Waals surface area contributed by atoms with Crippen LogP contribution in [0.4, 0.5) is 0 Å². The largest absolute Gasteiger partial charge is 0.493 e. The lowest BCUT2D eigenvalue weighted by Crippen LogP contribution is -2.14. The Balaban J connectivity index is 1.87. The second kappa shape index (κ2) is 7.75. The van der Waals surface area contributed by atoms with Gasteiger partial charge in [0.25, 0.3) is 0 Å². The van der Waals surface area contributed by atoms with Crippen LogP contribution < -0.4 is 9.47 Å². The Morgan fingerprint density at radius 3 is 2.38 bits per heavy atom. The summed E-state index contributed by atoms with van der Waals surface area (Å²) in [6.45, 7) is 2.86. The highest BCUT2D eigenvalue weighted by atomic mass is 16.5. The van der Waals surface area contributed by atoms with Gasteiger partial charge >= 0.3 is 5.97 Å². The van der Waals surface area contributed by atoms with Crippen LogP contribution in [-0.2, 0) is 17.7 Å². The van der Waals surface area contributed by atoms with Gasteiger partial charge in [0.1, 0.15) is 0 Å². The molecule has 0 amide bonds. The summed E-state index contributed by atoms with van der Waals surface area (Å²) >= 11 is 0. The zero-order chi connectivity index (χ0) is 22.4. The molecule has 5 rings (SSSR count). The molecular formula is C27H25NO4. The maximum Gasteiger partial charge on any atom is 0.340 e. The summed E-state index contributed by atoms with van der Waals surface area (Å²) in [6, 6.07) is 18.4. The van der Waals surface area contributed by atoms with E-state index in [1.807, 2.05) is 30.3 Å². The summed E-state index contributed by atoms with van der Waals surface area (Å²) in [5, 5.41) is 2.25. The van der Waals surface area contributed by atoms with Crippen LogP contribution in [0.3, 0.4) is 0 Å². The number of aryl methyl sites for hydroxylation is 1. The van der Waals surface area contributed by atoms with Gasteiger partial charge in [-0.2, -0.15) is 0 Å². The van der Waals surface area contributed by atoms with E-state index in [2.05, 4.69) is 35.8 Å². The summed E-state index contributed by atoms with van der Waals surface area (Å²) in [4.78, 5) is 13.2. The van der Waals surface area contributed by atoms with E-state index in [4.69, 9.17) is 14.2 Å². The molecule has 1 aliphatic rings. The number of methoxy groups -OCH3 is 3. The third kappa shape index (κ3) is 2.88. The van der Waals surface area contributed by atoms with E-state index in [1.165, 1.54) is 7.11 Å². The number of carbonyl (C=O) groups is 1. The third-order valence-electron chi connectivity index (χ3n) is 6.44. The molecule has 0 saturated heterocycles. The number of benzene rings is 3. The van der Waals surface area contributed by atoms with E-state index in [0.29, 0.717) is 17.1 Å². The van der Waals surface area contributed by atoms with Crippen LogP contribution >= 0.6 is 0 Å². The molecule has 0 bridgehead atoms. The van der Waals surface area contributed by atoms with Gasteiger partial charge < -0.3 is 18.8 Å². The molecule has 162 valence electrons. The van der Waals surface area contributed by atoms with Crippen molar-refractivity contribution in [1.82, 2.24) is 4.57 Å². The molecule has 0 saturated carbocycles. The minimum atomic E-state index is -0.340. The summed E-state index contributed by atoms with van der Waals surface area (Å²) in [5.74, 6) is 0.991. The average molecular weight is 428 g/mol. The molecule has 1 aliphatic heterocycles. The number of fused-ring (bicyclic) bond motifs is 4. The summed E-state index contributed by atoms with van der Waals surface area (Å²) in [5.41, 5.74) is 6.58. The number of ether oxygens (including phenoxy) is 3. The van der Waals surface area contributed by atoms with Crippen molar-refractivity contribution < 1.29 is 19.0 Å². The minimum absolute atomic E-state index is 0.340. The van der Waals surface area contributed by atoms with Gasteiger partial charge in [0.05, 0.1) is 32.6 Å². The highest BCUT2D eigenvalue weighted by molar-refractivity contribution is 6.09. The number of rotatable bonds is 4. The van der Waals surface area contributed by atoms with Gasteiger partial charge in [0, 0.05) is 23.4 Å². The summed E-state index contributed by atoms with van der Waals surface area (Å²) in [7, 11) is 4.70. The minimum Gasteiger partial charge on any atom is -0.493 e. The molecule has 1 aromatic heterocycles. The molecule has 0 radical (unpaired) electrons. The van der Waals surface area contributed by atoms with Gasteiger partial charge in [-0.3, -0.25) is 0 Å². The lowest BCUT2D eigenvalue weighted by atomic mass is 9.91. The van der Waals surface area contributed by atoms with Crippen LogP contribution in [-0.4, -0.2) is 31.9 Å². The number of hydrogen-bond donors (Lipinski definition) is 0. The van der Waals surface area contributed by atoms with Crippen molar-refractivity contribution in [2.24, 2.45) is 0 Å². The van der Waals surface area contributed by atoms with Crippen LogP contribution in [0.25, 0.3) is 33.2 Å². The van der Waals surface area contributed by atoms with Crippen molar-refractivity contribution in [3.05, 3.63) is 71.4 Å². The number of hydrogen-bond acceptors (Lipinski definition) is 4. The molecule has 0 N–H and O–H groups in total. The Bertz CT molecular complexity index is 1360. The first-order chi connectivity index (χ1) is 15.6. The van der Waals surface area contributed by atoms with Gasteiger partial charge in [-0.25, -0.2) is 4.79 Å². The highest BCUT2D eigenvalue weighted by Gasteiger charge is 2.32. The molecule has 5 heteroatoms. The molecule has 0 unspecified atom stereocenters. The average Bonchev–Trinajstić information content (AvgIpc) is 3.14. The molecule has 0 atom stereocenters. The molecule has 0 spiro atoms. The molecule has 4 aromatic rings. The molecule has 0 aliphatic carbocycles. The first kappa shape index (κ1) is 20.2. The Labute approximate surface area is 187 Å². The van der Waals surface area contributed by atoms with E-state index < -0.39 is 0 Å². The lowest BCUT2D eigenvalue weighted by Gasteiger charge is -2.23. The first-order valence-corrected chi connectivity index (χ1v) is 10.6. The monoisotopic (exact) mass is 427 g/mol. The van der Waals surface area contributed by atoms with Gasteiger partial charge in [0.2, 0.25) is 0 Å². The van der Waals surface area contributed by atoms with E-state index in [-0.39, 0.29) is 5.97 Å². The highest BCUT2D eigenvalue weighted by Crippen LogP contribution is 2.46. The fourth-order valence-corrected chi connectivity index (χ4v) is 4.95. The standard InChI is InChI=1S/C27H25NO4/c1-16-24(20-11-7-9-17-8-5-6-10-19(17)20)25(27(29)32-4)26-21-15-23(31-3)22(30-2)14-18(21)12-13-28(16)26/h5-11,14-15H,12-13H2,1-4H3. The SMILES string of the molecule is COC(=O)c1c(-c2cccc3ccccc23)c(C)n2c1-c1cc(OC)c(OC)cc1CC2. The van der Waals surface area contributed by atoms with E-state index in [0.717, 1.165) is 57.4 Å². The topological polar surface area (TPSA) is 49.7 Å². The van der Waals surface area contributed by atoms with Crippen molar-refractivity contribution in [2.45, 2.75) is 19.9 Å². The van der Waals surface area contributed by atoms with Gasteiger partial charge in [-0.05, 0) is 47.4 Å². The van der Waals surface area contributed by atoms with Gasteiger partial charge in [-0.1, -0.05) is 42.5 Å². The van der Waals surface area contributed by atoms with Crippen molar-refractivity contribution in [3.63, 3.8) is 0 Å². The Hall–Kier alpha value is -3.73. The van der Waals surface area contributed by atoms with E-state index >= 15 is 0 Å². The quantitative estimate of drug-likeness (QED) is 0.395. The van der Waals surface area contributed by atoms with Crippen LogP contribution in [0, 0.1) is 6.92 Å². The second-order valence-corrected chi connectivity index (χ2v) is 7.97. The predicted molar refractivity (Wildman–Crippen MR) is 126 cm³/mol. The lowest BCUT2D eigenvalue weighted by molar-refractivity contribution is 0.0602. The smallest absolute Gasteiger partial charge is 0.340 e. The summed E-state index contributed by atoms with van der Waals surface area (Å²) < 4.78 is 18.6. The fraction of sp³-hybridized carbons (Fsp3) is 0.222. The fourth-order valence-electron chi connectivity index (χ4n) is 4.95. The maximum atomic E-state index is 13.2. The molecule has 0 fully saturated rings. The number of aromatic nitrogens is 1. The summed E-state index contributed by atoms with van der Waals surface area (Å²) in [6.07, 6.45) is 0.841. The van der Waals surface area contributed by atoms with Crippen molar-refractivity contribution >= 4 is 16.7 Å². The Kier molecular flexibility index (Phi) is 4.89. The van der Waals surface area contributed by atoms with Gasteiger partial charge in [0.15, 0.2) is 11.5 Å². The Morgan fingerprint density at radius 2 is 1.62 bits per heavy atom.